The topological polar surface area (TPSA) is 55.6 Å². The minimum Gasteiger partial charge on any atom is -0.497 e. The molecular formula is C16H26N2O2. The van der Waals surface area contributed by atoms with E-state index < -0.39 is 0 Å². The van der Waals surface area contributed by atoms with Crippen LogP contribution in [0.25, 0.3) is 0 Å². The fourth-order valence-electron chi connectivity index (χ4n) is 2.06. The number of carbonyl (C=O) groups is 1. The van der Waals surface area contributed by atoms with E-state index >= 15 is 0 Å². The molecule has 0 aliphatic carbocycles. The lowest BCUT2D eigenvalue weighted by Gasteiger charge is -2.29. The molecule has 0 spiro atoms. The molecule has 0 heterocycles. The molecule has 0 saturated heterocycles. The lowest BCUT2D eigenvalue weighted by molar-refractivity contribution is -0.131. The number of methoxy groups -OCH3 is 1. The normalized spacial score (nSPS) is 11.2. The molecule has 20 heavy (non-hydrogen) atoms. The third kappa shape index (κ3) is 5.21. The molecule has 0 saturated carbocycles. The molecule has 0 bridgehead atoms. The maximum atomic E-state index is 12.1. The first kappa shape index (κ1) is 16.5. The zero-order chi connectivity index (χ0) is 15.2. The van der Waals surface area contributed by atoms with Crippen LogP contribution in [0.5, 0.6) is 5.75 Å². The first-order valence-corrected chi connectivity index (χ1v) is 6.95. The van der Waals surface area contributed by atoms with Crippen LogP contribution < -0.4 is 10.5 Å². The van der Waals surface area contributed by atoms with E-state index in [1.807, 2.05) is 31.3 Å². The largest absolute Gasteiger partial charge is 0.497 e. The highest BCUT2D eigenvalue weighted by atomic mass is 16.5. The van der Waals surface area contributed by atoms with Crippen LogP contribution >= 0.6 is 0 Å². The van der Waals surface area contributed by atoms with Gasteiger partial charge in [0.2, 0.25) is 5.91 Å². The van der Waals surface area contributed by atoms with Crippen molar-refractivity contribution < 1.29 is 9.53 Å². The number of rotatable bonds is 7. The molecule has 112 valence electrons. The summed E-state index contributed by atoms with van der Waals surface area (Å²) >= 11 is 0. The van der Waals surface area contributed by atoms with Crippen LogP contribution in [0.4, 0.5) is 0 Å². The van der Waals surface area contributed by atoms with Crippen LogP contribution in [0.1, 0.15) is 25.8 Å². The number of amides is 1. The molecule has 0 fully saturated rings. The Hall–Kier alpha value is -1.55. The maximum absolute atomic E-state index is 12.1. The Kier molecular flexibility index (Phi) is 6.02. The van der Waals surface area contributed by atoms with E-state index in [4.69, 9.17) is 10.5 Å². The molecule has 4 nitrogen and oxygen atoms in total. The summed E-state index contributed by atoms with van der Waals surface area (Å²) in [6.45, 7) is 5.39. The van der Waals surface area contributed by atoms with Gasteiger partial charge < -0.3 is 15.4 Å². The van der Waals surface area contributed by atoms with Gasteiger partial charge in [-0.05, 0) is 36.1 Å². The molecule has 0 radical (unpaired) electrons. The molecular weight excluding hydrogens is 252 g/mol. The van der Waals surface area contributed by atoms with E-state index in [-0.39, 0.29) is 11.3 Å². The number of nitrogens with zero attached hydrogens (tertiary/aromatic N) is 1. The van der Waals surface area contributed by atoms with Crippen LogP contribution in [0.15, 0.2) is 24.3 Å². The highest BCUT2D eigenvalue weighted by Gasteiger charge is 2.20. The van der Waals surface area contributed by atoms with E-state index in [1.165, 1.54) is 0 Å². The van der Waals surface area contributed by atoms with Crippen molar-refractivity contribution in [2.24, 2.45) is 11.1 Å². The first-order valence-electron chi connectivity index (χ1n) is 6.95. The maximum Gasteiger partial charge on any atom is 0.222 e. The van der Waals surface area contributed by atoms with Crippen molar-refractivity contribution in [3.8, 4) is 5.75 Å². The molecule has 0 unspecified atom stereocenters. The van der Waals surface area contributed by atoms with Crippen LogP contribution in [0.3, 0.4) is 0 Å². The van der Waals surface area contributed by atoms with Crippen LogP contribution in [-0.2, 0) is 11.2 Å². The molecule has 0 aliphatic heterocycles. The number of carbonyl (C=O) groups excluding carboxylic acids is 1. The van der Waals surface area contributed by atoms with E-state index in [0.29, 0.717) is 19.5 Å². The van der Waals surface area contributed by atoms with Gasteiger partial charge in [0, 0.05) is 20.0 Å². The Morgan fingerprint density at radius 3 is 2.70 bits per heavy atom. The number of ether oxygens (including phenoxy) is 1. The van der Waals surface area contributed by atoms with Crippen LogP contribution in [0, 0.1) is 5.41 Å². The monoisotopic (exact) mass is 278 g/mol. The Morgan fingerprint density at radius 2 is 2.10 bits per heavy atom. The van der Waals surface area contributed by atoms with Gasteiger partial charge in [-0.3, -0.25) is 4.79 Å². The van der Waals surface area contributed by atoms with Crippen molar-refractivity contribution in [2.75, 3.05) is 27.2 Å². The highest BCUT2D eigenvalue weighted by Crippen LogP contribution is 2.16. The van der Waals surface area contributed by atoms with E-state index in [0.717, 1.165) is 17.7 Å². The van der Waals surface area contributed by atoms with Crippen molar-refractivity contribution in [2.45, 2.75) is 26.7 Å². The van der Waals surface area contributed by atoms with Crippen molar-refractivity contribution in [3.05, 3.63) is 29.8 Å². The van der Waals surface area contributed by atoms with Gasteiger partial charge in [0.15, 0.2) is 0 Å². The average molecular weight is 278 g/mol. The second-order valence-electron chi connectivity index (χ2n) is 5.97. The molecule has 2 N–H and O–H groups in total. The smallest absolute Gasteiger partial charge is 0.222 e. The summed E-state index contributed by atoms with van der Waals surface area (Å²) in [5.41, 5.74) is 6.77. The minimum absolute atomic E-state index is 0.0413. The predicted octanol–water partition coefficient (Wildman–Crippen LogP) is 2.07. The van der Waals surface area contributed by atoms with Crippen molar-refractivity contribution in [3.63, 3.8) is 0 Å². The predicted molar refractivity (Wildman–Crippen MR) is 81.8 cm³/mol. The highest BCUT2D eigenvalue weighted by molar-refractivity contribution is 5.76. The number of nitrogens with two attached hydrogens (primary N) is 1. The third-order valence-corrected chi connectivity index (χ3v) is 3.41. The number of hydrogen-bond donors (Lipinski definition) is 1. The zero-order valence-corrected chi connectivity index (χ0v) is 13.0. The van der Waals surface area contributed by atoms with Gasteiger partial charge in [-0.2, -0.15) is 0 Å². The Balaban J connectivity index is 2.50. The van der Waals surface area contributed by atoms with Gasteiger partial charge in [0.25, 0.3) is 0 Å². The van der Waals surface area contributed by atoms with E-state index in [9.17, 15) is 4.79 Å². The number of aryl methyl sites for hydroxylation is 1. The molecule has 0 aliphatic rings. The van der Waals surface area contributed by atoms with E-state index in [1.54, 1.807) is 12.0 Å². The van der Waals surface area contributed by atoms with Gasteiger partial charge in [0.05, 0.1) is 7.11 Å². The Bertz CT molecular complexity index is 444. The summed E-state index contributed by atoms with van der Waals surface area (Å²) in [6.07, 6.45) is 1.23. The second kappa shape index (κ2) is 7.29. The lowest BCUT2D eigenvalue weighted by Crippen LogP contribution is -2.39. The Morgan fingerprint density at radius 1 is 1.40 bits per heavy atom. The molecule has 1 aromatic rings. The van der Waals surface area contributed by atoms with Gasteiger partial charge in [-0.15, -0.1) is 0 Å². The van der Waals surface area contributed by atoms with Crippen molar-refractivity contribution in [1.29, 1.82) is 0 Å². The summed E-state index contributed by atoms with van der Waals surface area (Å²) in [5, 5.41) is 0. The molecule has 4 heteroatoms. The molecule has 1 rings (SSSR count). The summed E-state index contributed by atoms with van der Waals surface area (Å²) in [4.78, 5) is 13.9. The second-order valence-corrected chi connectivity index (χ2v) is 5.97. The summed E-state index contributed by atoms with van der Waals surface area (Å²) in [5.74, 6) is 0.974. The number of benzene rings is 1. The SMILES string of the molecule is COc1cccc(CCC(=O)N(C)CC(C)(C)CN)c1. The van der Waals surface area contributed by atoms with E-state index in [2.05, 4.69) is 13.8 Å². The molecule has 0 aromatic heterocycles. The van der Waals surface area contributed by atoms with Gasteiger partial charge in [-0.1, -0.05) is 26.0 Å². The summed E-state index contributed by atoms with van der Waals surface area (Å²) in [6, 6.07) is 7.83. The quantitative estimate of drug-likeness (QED) is 0.830. The van der Waals surface area contributed by atoms with Gasteiger partial charge >= 0.3 is 0 Å². The van der Waals surface area contributed by atoms with Crippen molar-refractivity contribution >= 4 is 5.91 Å². The van der Waals surface area contributed by atoms with Crippen molar-refractivity contribution in [1.82, 2.24) is 4.90 Å². The van der Waals surface area contributed by atoms with Gasteiger partial charge in [-0.25, -0.2) is 0 Å². The average Bonchev–Trinajstić information content (AvgIpc) is 2.44. The number of hydrogen-bond acceptors (Lipinski definition) is 3. The standard InChI is InChI=1S/C16H26N2O2/c1-16(2,11-17)12-18(3)15(19)9-8-13-6-5-7-14(10-13)20-4/h5-7,10H,8-9,11-12,17H2,1-4H3. The third-order valence-electron chi connectivity index (χ3n) is 3.41. The molecule has 1 aromatic carbocycles. The van der Waals surface area contributed by atoms with Crippen LogP contribution in [-0.4, -0.2) is 38.1 Å². The summed E-state index contributed by atoms with van der Waals surface area (Å²) in [7, 11) is 3.48. The Labute approximate surface area is 121 Å². The fourth-order valence-corrected chi connectivity index (χ4v) is 2.06. The molecule has 0 atom stereocenters. The van der Waals surface area contributed by atoms with Gasteiger partial charge in [0.1, 0.15) is 5.75 Å². The lowest BCUT2D eigenvalue weighted by atomic mass is 9.93. The minimum atomic E-state index is -0.0413. The zero-order valence-electron chi connectivity index (χ0n) is 13.0. The fraction of sp³-hybridized carbons (Fsp3) is 0.562. The summed E-state index contributed by atoms with van der Waals surface area (Å²) < 4.78 is 5.18. The molecule has 1 amide bonds. The first-order chi connectivity index (χ1) is 9.38. The van der Waals surface area contributed by atoms with Crippen LogP contribution in [0.2, 0.25) is 0 Å².